The van der Waals surface area contributed by atoms with Gasteiger partial charge in [0.1, 0.15) is 42.0 Å². The first-order valence-electron chi connectivity index (χ1n) is 24.1. The SMILES string of the molecule is CCNC(=O)c1nnc(-c2cc(C(C)C)c(O)cc2O)n1-c1ccc(Oc2ccc(NC(=O)COCCN(C)C(=O)O[C@]3(CC)C(=O)OCc4c3cc3n(c4=O)Cc4c-3nc3ccc(O)cc3c4CC)cc2)cc1. The maximum absolute atomic E-state index is 14.1. The van der Waals surface area contributed by atoms with Gasteiger partial charge in [0, 0.05) is 54.1 Å². The number of anilines is 1. The maximum Gasteiger partial charge on any atom is 0.411 e. The number of hydrogen-bond donors (Lipinski definition) is 5. The smallest absolute Gasteiger partial charge is 0.411 e. The van der Waals surface area contributed by atoms with Crippen molar-refractivity contribution in [3.05, 3.63) is 129 Å². The number of nitrogens with one attached hydrogen (secondary N) is 2. The van der Waals surface area contributed by atoms with Gasteiger partial charge in [-0.25, -0.2) is 14.6 Å². The number of carbonyl (C=O) groups excluding carboxylic acids is 4. The number of nitrogens with zero attached hydrogens (tertiary/aromatic N) is 6. The van der Waals surface area contributed by atoms with Crippen molar-refractivity contribution >= 4 is 40.5 Å². The van der Waals surface area contributed by atoms with Gasteiger partial charge < -0.3 is 54.4 Å². The molecular weight excluding hydrogens is 953 g/mol. The Labute approximate surface area is 424 Å². The molecule has 1 atom stereocenters. The van der Waals surface area contributed by atoms with Gasteiger partial charge in [0.15, 0.2) is 5.82 Å². The van der Waals surface area contributed by atoms with Gasteiger partial charge in [-0.15, -0.1) is 10.2 Å². The number of amides is 3. The van der Waals surface area contributed by atoms with Gasteiger partial charge in [-0.05, 0) is 116 Å². The minimum absolute atomic E-state index is 0.00966. The van der Waals surface area contributed by atoms with Crippen LogP contribution in [0.1, 0.15) is 85.4 Å². The molecule has 2 aliphatic rings. The lowest BCUT2D eigenvalue weighted by Gasteiger charge is -2.36. The van der Waals surface area contributed by atoms with Crippen LogP contribution in [0.25, 0.3) is 39.4 Å². The van der Waals surface area contributed by atoms with Gasteiger partial charge in [0.25, 0.3) is 11.5 Å². The molecule has 0 fully saturated rings. The van der Waals surface area contributed by atoms with E-state index in [1.165, 1.54) is 22.6 Å². The Hall–Kier alpha value is -8.78. The number of aromatic hydroxyl groups is 3. The molecule has 9 rings (SSSR count). The highest BCUT2D eigenvalue weighted by Gasteiger charge is 2.51. The van der Waals surface area contributed by atoms with Gasteiger partial charge >= 0.3 is 12.1 Å². The summed E-state index contributed by atoms with van der Waals surface area (Å²) >= 11 is 0. The molecule has 0 radical (unpaired) electrons. The lowest BCUT2D eigenvalue weighted by atomic mass is 9.85. The van der Waals surface area contributed by atoms with Crippen molar-refractivity contribution in [1.29, 1.82) is 0 Å². The highest BCUT2D eigenvalue weighted by Crippen LogP contribution is 2.43. The Morgan fingerprint density at radius 3 is 2.31 bits per heavy atom. The van der Waals surface area contributed by atoms with Crippen LogP contribution in [-0.4, -0.2) is 102 Å². The largest absolute Gasteiger partial charge is 0.508 e. The van der Waals surface area contributed by atoms with E-state index in [1.54, 1.807) is 97.3 Å². The van der Waals surface area contributed by atoms with E-state index in [0.29, 0.717) is 58.3 Å². The van der Waals surface area contributed by atoms with Crippen molar-refractivity contribution in [2.75, 3.05) is 38.7 Å². The van der Waals surface area contributed by atoms with Crippen LogP contribution in [0.5, 0.6) is 28.7 Å². The third-order valence-corrected chi connectivity index (χ3v) is 13.2. The van der Waals surface area contributed by atoms with E-state index < -0.39 is 29.5 Å². The number of aryl methyl sites for hydroxylation is 1. The number of aromatic nitrogens is 5. The number of cyclic esters (lactones) is 1. The molecule has 5 N–H and O–H groups in total. The second-order valence-corrected chi connectivity index (χ2v) is 18.2. The van der Waals surface area contributed by atoms with Gasteiger partial charge in [-0.1, -0.05) is 27.7 Å². The highest BCUT2D eigenvalue weighted by molar-refractivity contribution is 5.93. The number of pyridine rings is 2. The second-order valence-electron chi connectivity index (χ2n) is 18.2. The Kier molecular flexibility index (Phi) is 13.8. The molecule has 7 aromatic rings. The zero-order valence-corrected chi connectivity index (χ0v) is 41.5. The normalized spacial score (nSPS) is 14.5. The molecular formula is C54H54N8O12. The third-order valence-electron chi connectivity index (χ3n) is 13.2. The van der Waals surface area contributed by atoms with Crippen molar-refractivity contribution in [3.63, 3.8) is 0 Å². The molecule has 0 unspecified atom stereocenters. The van der Waals surface area contributed by atoms with Crippen molar-refractivity contribution < 1.29 is 53.4 Å². The minimum Gasteiger partial charge on any atom is -0.508 e. The van der Waals surface area contributed by atoms with E-state index in [0.717, 1.165) is 16.5 Å². The molecule has 5 heterocycles. The fraction of sp³-hybridized carbons (Fsp3) is 0.296. The predicted octanol–water partition coefficient (Wildman–Crippen LogP) is 7.40. The summed E-state index contributed by atoms with van der Waals surface area (Å²) < 4.78 is 26.2. The van der Waals surface area contributed by atoms with E-state index in [9.17, 15) is 39.3 Å². The number of benzene rings is 4. The molecule has 0 saturated heterocycles. The monoisotopic (exact) mass is 1010 g/mol. The lowest BCUT2D eigenvalue weighted by molar-refractivity contribution is -0.173. The molecule has 20 heteroatoms. The minimum atomic E-state index is -1.93. The molecule has 3 amide bonds. The number of phenolic OH excluding ortho intramolecular Hbond substituents is 3. The number of hydrogen-bond acceptors (Lipinski definition) is 15. The van der Waals surface area contributed by atoms with E-state index in [2.05, 4.69) is 20.8 Å². The quantitative estimate of drug-likeness (QED) is 0.0467. The molecule has 0 spiro atoms. The predicted molar refractivity (Wildman–Crippen MR) is 271 cm³/mol. The first-order valence-corrected chi connectivity index (χ1v) is 24.1. The molecule has 0 saturated carbocycles. The summed E-state index contributed by atoms with van der Waals surface area (Å²) in [5.41, 5.74) is 3.43. The average molecular weight is 1010 g/mol. The summed E-state index contributed by atoms with van der Waals surface area (Å²) in [4.78, 5) is 73.4. The fourth-order valence-electron chi connectivity index (χ4n) is 9.32. The van der Waals surface area contributed by atoms with E-state index in [-0.39, 0.29) is 96.4 Å². The molecule has 20 nitrogen and oxygen atoms in total. The number of esters is 1. The summed E-state index contributed by atoms with van der Waals surface area (Å²) in [7, 11) is 1.46. The lowest BCUT2D eigenvalue weighted by Crippen LogP contribution is -2.49. The maximum atomic E-state index is 14.1. The second kappa shape index (κ2) is 20.4. The topological polar surface area (TPSA) is 259 Å². The van der Waals surface area contributed by atoms with E-state index in [4.69, 9.17) is 23.9 Å². The summed E-state index contributed by atoms with van der Waals surface area (Å²) in [5.74, 6) is -0.912. The molecule has 74 heavy (non-hydrogen) atoms. The fourth-order valence-corrected chi connectivity index (χ4v) is 9.32. The molecule has 382 valence electrons. The Balaban J connectivity index is 0.802. The Morgan fingerprint density at radius 2 is 1.62 bits per heavy atom. The molecule has 4 aromatic carbocycles. The molecule has 2 aliphatic heterocycles. The average Bonchev–Trinajstić information content (AvgIpc) is 4.00. The summed E-state index contributed by atoms with van der Waals surface area (Å²) in [6.07, 6.45) is -0.279. The highest BCUT2D eigenvalue weighted by atomic mass is 16.6. The van der Waals surface area contributed by atoms with E-state index >= 15 is 0 Å². The van der Waals surface area contributed by atoms with Crippen LogP contribution in [0, 0.1) is 0 Å². The summed E-state index contributed by atoms with van der Waals surface area (Å²) in [6, 6.07) is 22.9. The van der Waals surface area contributed by atoms with Crippen LogP contribution in [0.3, 0.4) is 0 Å². The van der Waals surface area contributed by atoms with Crippen LogP contribution < -0.4 is 20.9 Å². The number of phenols is 3. The van der Waals surface area contributed by atoms with Crippen LogP contribution in [-0.2, 0) is 49.0 Å². The molecule has 3 aromatic heterocycles. The van der Waals surface area contributed by atoms with Crippen LogP contribution in [0.15, 0.2) is 89.7 Å². The Morgan fingerprint density at radius 1 is 0.892 bits per heavy atom. The number of likely N-dealkylation sites (N-methyl/N-ethyl adjacent to an activating group) is 1. The number of carbonyl (C=O) groups is 4. The summed E-state index contributed by atoms with van der Waals surface area (Å²) in [5, 5.41) is 46.2. The van der Waals surface area contributed by atoms with Gasteiger partial charge in [0.2, 0.25) is 17.3 Å². The summed E-state index contributed by atoms with van der Waals surface area (Å²) in [6.45, 7) is 9.13. The van der Waals surface area contributed by atoms with Crippen LogP contribution in [0.2, 0.25) is 0 Å². The number of fused-ring (bicyclic) bond motifs is 5. The van der Waals surface area contributed by atoms with E-state index in [1.807, 2.05) is 20.8 Å². The van der Waals surface area contributed by atoms with Crippen molar-refractivity contribution in [2.45, 2.75) is 72.1 Å². The first kappa shape index (κ1) is 50.2. The van der Waals surface area contributed by atoms with Gasteiger partial charge in [-0.2, -0.15) is 0 Å². The first-order chi connectivity index (χ1) is 35.5. The van der Waals surface area contributed by atoms with Crippen LogP contribution >= 0.6 is 0 Å². The van der Waals surface area contributed by atoms with Crippen molar-refractivity contribution in [2.24, 2.45) is 0 Å². The van der Waals surface area contributed by atoms with Gasteiger partial charge in [0.05, 0.1) is 41.2 Å². The number of ether oxygens (including phenoxy) is 4. The zero-order valence-electron chi connectivity index (χ0n) is 41.5. The van der Waals surface area contributed by atoms with Crippen LogP contribution in [0.4, 0.5) is 10.5 Å². The van der Waals surface area contributed by atoms with Crippen molar-refractivity contribution in [1.82, 2.24) is 34.5 Å². The molecule has 0 bridgehead atoms. The third kappa shape index (κ3) is 9.30. The Bertz CT molecular complexity index is 3420. The van der Waals surface area contributed by atoms with Gasteiger partial charge in [-0.3, -0.25) is 19.0 Å². The zero-order chi connectivity index (χ0) is 52.6. The number of rotatable bonds is 16. The van der Waals surface area contributed by atoms with Crippen molar-refractivity contribution in [3.8, 4) is 57.2 Å². The molecule has 0 aliphatic carbocycles. The standard InChI is InChI=1S/C54H54N8O12/c1-7-35-37-22-32(63)14-19-42(37)57-47-39(35)26-61-43(47)24-41-40(51(61)68)27-72-52(69)54(41,8-2)74-53(70)60(6)20-21-71-28-46(66)56-30-10-15-33(16-11-30)73-34-17-12-31(13-18-34)62-48(58-59-49(62)50(67)55-9-3)38-23-36(29(4)5)44(64)25-45(38)65/h10-19,22-25,29,63-65H,7-9,20-21,26-28H2,1-6H3,(H,55,67)(H,56,66)/t54-/m0/s1.